The van der Waals surface area contributed by atoms with E-state index in [9.17, 15) is 0 Å². The minimum Gasteiger partial charge on any atom is -0.393 e. The number of hydrogen-bond acceptors (Lipinski definition) is 5. The van der Waals surface area contributed by atoms with Crippen LogP contribution < -0.4 is 16.4 Å². The zero-order valence-electron chi connectivity index (χ0n) is 7.56. The van der Waals surface area contributed by atoms with E-state index in [4.69, 9.17) is 17.3 Å². The summed E-state index contributed by atoms with van der Waals surface area (Å²) in [6.07, 6.45) is 0. The van der Waals surface area contributed by atoms with Crippen molar-refractivity contribution in [3.63, 3.8) is 0 Å². The van der Waals surface area contributed by atoms with Crippen molar-refractivity contribution < 1.29 is 0 Å². The number of nitrogens with two attached hydrogens (primary N) is 1. The molecule has 1 heterocycles. The number of rotatable bonds is 3. The lowest BCUT2D eigenvalue weighted by Gasteiger charge is -2.09. The van der Waals surface area contributed by atoms with Crippen molar-refractivity contribution in [3.05, 3.63) is 5.28 Å². The Bertz CT molecular complexity index is 301. The molecule has 72 valence electrons. The van der Waals surface area contributed by atoms with E-state index in [0.717, 1.165) is 6.54 Å². The van der Waals surface area contributed by atoms with E-state index in [0.29, 0.717) is 17.3 Å². The molecule has 0 aliphatic heterocycles. The molecule has 6 heteroatoms. The summed E-state index contributed by atoms with van der Waals surface area (Å²) in [4.78, 5) is 7.86. The van der Waals surface area contributed by atoms with Gasteiger partial charge in [0.25, 0.3) is 0 Å². The normalized spacial score (nSPS) is 9.77. The van der Waals surface area contributed by atoms with Gasteiger partial charge in [-0.1, -0.05) is 0 Å². The molecule has 5 nitrogen and oxygen atoms in total. The zero-order chi connectivity index (χ0) is 9.84. The van der Waals surface area contributed by atoms with E-state index in [1.54, 1.807) is 7.05 Å². The first-order valence-electron chi connectivity index (χ1n) is 3.93. The molecule has 0 atom stereocenters. The first-order chi connectivity index (χ1) is 6.19. The molecule has 4 N–H and O–H groups in total. The van der Waals surface area contributed by atoms with Gasteiger partial charge < -0.3 is 16.4 Å². The highest BCUT2D eigenvalue weighted by Gasteiger charge is 2.08. The van der Waals surface area contributed by atoms with Crippen molar-refractivity contribution in [1.29, 1.82) is 0 Å². The van der Waals surface area contributed by atoms with Gasteiger partial charge in [-0.05, 0) is 18.5 Å². The second kappa shape index (κ2) is 4.13. The van der Waals surface area contributed by atoms with E-state index < -0.39 is 0 Å². The van der Waals surface area contributed by atoms with Crippen molar-refractivity contribution in [2.75, 3.05) is 30.0 Å². The maximum atomic E-state index is 5.74. The summed E-state index contributed by atoms with van der Waals surface area (Å²) in [7, 11) is 1.73. The number of nitrogens with zero attached hydrogens (tertiary/aromatic N) is 2. The van der Waals surface area contributed by atoms with E-state index in [1.807, 2.05) is 6.92 Å². The molecular formula is C7H12ClN5. The fraction of sp³-hybridized carbons (Fsp3) is 0.429. The van der Waals surface area contributed by atoms with Crippen LogP contribution in [0.15, 0.2) is 0 Å². The zero-order valence-corrected chi connectivity index (χ0v) is 8.31. The minimum atomic E-state index is 0.175. The maximum Gasteiger partial charge on any atom is 0.226 e. The molecule has 0 amide bonds. The molecule has 1 aromatic rings. The highest BCUT2D eigenvalue weighted by atomic mass is 35.5. The summed E-state index contributed by atoms with van der Waals surface area (Å²) in [5.41, 5.74) is 6.22. The standard InChI is InChI=1S/C7H12ClN5/c1-3-11-6-4(9)5(10-2)12-7(8)13-6/h3,9H2,1-2H3,(H2,10,11,12,13). The molecule has 1 rings (SSSR count). The SMILES string of the molecule is CCNc1nc(Cl)nc(NC)c1N. The van der Waals surface area contributed by atoms with E-state index in [-0.39, 0.29) is 5.28 Å². The molecule has 0 unspecified atom stereocenters. The molecule has 0 saturated heterocycles. The minimum absolute atomic E-state index is 0.175. The van der Waals surface area contributed by atoms with Gasteiger partial charge >= 0.3 is 0 Å². The number of anilines is 3. The number of aromatic nitrogens is 2. The fourth-order valence-electron chi connectivity index (χ4n) is 0.935. The van der Waals surface area contributed by atoms with Crippen LogP contribution in [0.3, 0.4) is 0 Å². The molecule has 0 saturated carbocycles. The Hall–Kier alpha value is -1.23. The molecule has 0 radical (unpaired) electrons. The van der Waals surface area contributed by atoms with Crippen LogP contribution in [0.4, 0.5) is 17.3 Å². The Morgan fingerprint density at radius 3 is 2.54 bits per heavy atom. The summed E-state index contributed by atoms with van der Waals surface area (Å²) >= 11 is 5.68. The fourth-order valence-corrected chi connectivity index (χ4v) is 1.10. The van der Waals surface area contributed by atoms with Crippen LogP contribution in [0.2, 0.25) is 5.28 Å². The molecule has 13 heavy (non-hydrogen) atoms. The Labute approximate surface area is 81.7 Å². The summed E-state index contributed by atoms with van der Waals surface area (Å²) in [5, 5.41) is 6.00. The van der Waals surface area contributed by atoms with Gasteiger partial charge in [0.1, 0.15) is 5.69 Å². The number of nitrogens with one attached hydrogen (secondary N) is 2. The van der Waals surface area contributed by atoms with Gasteiger partial charge in [0, 0.05) is 13.6 Å². The average molecular weight is 202 g/mol. The molecule has 0 fully saturated rings. The molecule has 0 aliphatic carbocycles. The summed E-state index contributed by atoms with van der Waals surface area (Å²) < 4.78 is 0. The van der Waals surface area contributed by atoms with Crippen molar-refractivity contribution in [2.24, 2.45) is 0 Å². The quantitative estimate of drug-likeness (QED) is 0.641. The second-order valence-corrected chi connectivity index (χ2v) is 2.72. The van der Waals surface area contributed by atoms with Crippen LogP contribution in [0, 0.1) is 0 Å². The van der Waals surface area contributed by atoms with Gasteiger partial charge in [-0.15, -0.1) is 0 Å². The van der Waals surface area contributed by atoms with Crippen LogP contribution >= 0.6 is 11.6 Å². The van der Waals surface area contributed by atoms with E-state index in [2.05, 4.69) is 20.6 Å². The second-order valence-electron chi connectivity index (χ2n) is 2.38. The molecule has 0 spiro atoms. The number of halogens is 1. The van der Waals surface area contributed by atoms with Crippen LogP contribution in [-0.4, -0.2) is 23.6 Å². The monoisotopic (exact) mass is 201 g/mol. The highest BCUT2D eigenvalue weighted by Crippen LogP contribution is 2.24. The van der Waals surface area contributed by atoms with E-state index in [1.165, 1.54) is 0 Å². The van der Waals surface area contributed by atoms with Gasteiger partial charge in [0.05, 0.1) is 0 Å². The first-order valence-corrected chi connectivity index (χ1v) is 4.31. The third-order valence-electron chi connectivity index (χ3n) is 1.50. The maximum absolute atomic E-state index is 5.74. The average Bonchev–Trinajstić information content (AvgIpc) is 2.11. The van der Waals surface area contributed by atoms with Crippen molar-refractivity contribution >= 4 is 28.9 Å². The Kier molecular flexibility index (Phi) is 3.13. The van der Waals surface area contributed by atoms with Crippen LogP contribution in [0.1, 0.15) is 6.92 Å². The van der Waals surface area contributed by atoms with Gasteiger partial charge in [-0.2, -0.15) is 9.97 Å². The van der Waals surface area contributed by atoms with E-state index >= 15 is 0 Å². The Morgan fingerprint density at radius 2 is 2.00 bits per heavy atom. The summed E-state index contributed by atoms with van der Waals surface area (Å²) in [5.74, 6) is 1.10. The lowest BCUT2D eigenvalue weighted by atomic mass is 10.4. The Morgan fingerprint density at radius 1 is 1.38 bits per heavy atom. The van der Waals surface area contributed by atoms with Crippen LogP contribution in [0.5, 0.6) is 0 Å². The number of nitrogen functional groups attached to an aromatic ring is 1. The lowest BCUT2D eigenvalue weighted by molar-refractivity contribution is 1.11. The predicted molar refractivity (Wildman–Crippen MR) is 55.2 cm³/mol. The lowest BCUT2D eigenvalue weighted by Crippen LogP contribution is -2.08. The van der Waals surface area contributed by atoms with Gasteiger partial charge in [-0.25, -0.2) is 0 Å². The highest BCUT2D eigenvalue weighted by molar-refractivity contribution is 6.28. The van der Waals surface area contributed by atoms with Gasteiger partial charge in [0.15, 0.2) is 11.6 Å². The topological polar surface area (TPSA) is 75.9 Å². The van der Waals surface area contributed by atoms with Crippen molar-refractivity contribution in [1.82, 2.24) is 9.97 Å². The third-order valence-corrected chi connectivity index (χ3v) is 1.67. The summed E-state index contributed by atoms with van der Waals surface area (Å²) in [6, 6.07) is 0. The largest absolute Gasteiger partial charge is 0.393 e. The smallest absolute Gasteiger partial charge is 0.226 e. The number of hydrogen-bond donors (Lipinski definition) is 3. The Balaban J connectivity index is 3.11. The molecular weight excluding hydrogens is 190 g/mol. The molecule has 1 aromatic heterocycles. The third kappa shape index (κ3) is 2.12. The van der Waals surface area contributed by atoms with Crippen LogP contribution in [-0.2, 0) is 0 Å². The van der Waals surface area contributed by atoms with Gasteiger partial charge in [0.2, 0.25) is 5.28 Å². The molecule has 0 aromatic carbocycles. The van der Waals surface area contributed by atoms with Crippen molar-refractivity contribution in [3.8, 4) is 0 Å². The van der Waals surface area contributed by atoms with Crippen LogP contribution in [0.25, 0.3) is 0 Å². The first kappa shape index (κ1) is 9.85. The predicted octanol–water partition coefficient (Wildman–Crippen LogP) is 1.19. The molecule has 0 bridgehead atoms. The molecule has 0 aliphatic rings. The van der Waals surface area contributed by atoms with Gasteiger partial charge in [-0.3, -0.25) is 0 Å². The van der Waals surface area contributed by atoms with Crippen molar-refractivity contribution in [2.45, 2.75) is 6.92 Å². The summed E-state index contributed by atoms with van der Waals surface area (Å²) in [6.45, 7) is 2.69.